The van der Waals surface area contributed by atoms with Crippen LogP contribution in [0.4, 0.5) is 4.79 Å². The molecular formula is C2H2K2O5. The van der Waals surface area contributed by atoms with E-state index in [0.717, 1.165) is 0 Å². The predicted molar refractivity (Wildman–Crippen MR) is 14.1 cm³/mol. The van der Waals surface area contributed by atoms with Gasteiger partial charge in [0.1, 0.15) is 0 Å². The van der Waals surface area contributed by atoms with E-state index in [1.165, 1.54) is 0 Å². The van der Waals surface area contributed by atoms with Crippen molar-refractivity contribution in [2.75, 3.05) is 0 Å². The van der Waals surface area contributed by atoms with Gasteiger partial charge in [0.25, 0.3) is 0 Å². The van der Waals surface area contributed by atoms with Gasteiger partial charge in [-0.05, 0) is 0 Å². The van der Waals surface area contributed by atoms with Gasteiger partial charge in [-0.15, -0.1) is 0 Å². The monoisotopic (exact) mass is 184 g/mol. The summed E-state index contributed by atoms with van der Waals surface area (Å²) in [4.78, 5) is 16.7. The average Bonchev–Trinajstić information content (AvgIpc) is 1.33. The average molecular weight is 184 g/mol. The maximum atomic E-state index is 8.44. The van der Waals surface area contributed by atoms with Gasteiger partial charge in [0.05, 0.1) is 0 Å². The minimum atomic E-state index is -2.08. The predicted octanol–water partition coefficient (Wildman–Crippen LogP) is -8.74. The molecule has 0 saturated carbocycles. The van der Waals surface area contributed by atoms with Crippen molar-refractivity contribution in [1.82, 2.24) is 0 Å². The molecular weight excluding hydrogens is 182 g/mol. The molecule has 0 amide bonds. The SMILES string of the molecule is O=C([O-])O.O=C[O-].[K+].[K+]. The number of carbonyl (C=O) groups excluding carboxylic acids is 1. The molecule has 0 fully saturated rings. The quantitative estimate of drug-likeness (QED) is 0.297. The van der Waals surface area contributed by atoms with E-state index in [1.807, 2.05) is 0 Å². The van der Waals surface area contributed by atoms with Crippen LogP contribution in [0.15, 0.2) is 0 Å². The molecule has 9 heavy (non-hydrogen) atoms. The van der Waals surface area contributed by atoms with Gasteiger partial charge in [0.2, 0.25) is 6.16 Å². The summed E-state index contributed by atoms with van der Waals surface area (Å²) in [6.45, 7) is -0.500. The van der Waals surface area contributed by atoms with Crippen molar-refractivity contribution in [3.05, 3.63) is 0 Å². The first-order valence-electron chi connectivity index (χ1n) is 1.10. The Bertz CT molecular complexity index is 60.0. The van der Waals surface area contributed by atoms with Crippen LogP contribution in [0.1, 0.15) is 0 Å². The van der Waals surface area contributed by atoms with E-state index in [4.69, 9.17) is 24.9 Å². The molecule has 1 N–H and O–H groups in total. The van der Waals surface area contributed by atoms with Crippen LogP contribution in [0.2, 0.25) is 0 Å². The normalized spacial score (nSPS) is 4.00. The standard InChI is InChI=1S/CH2O3.CH2O2.2K/c2-1(3)4;2-1-3;;/h(H2,2,3,4);1H,(H,2,3);;/q;;2*+1/p-2. The van der Waals surface area contributed by atoms with Gasteiger partial charge < -0.3 is 24.9 Å². The zero-order valence-electron chi connectivity index (χ0n) is 5.16. The van der Waals surface area contributed by atoms with Gasteiger partial charge in [-0.3, -0.25) is 0 Å². The zero-order chi connectivity index (χ0) is 6.28. The Morgan fingerprint density at radius 1 is 1.44 bits per heavy atom. The molecule has 5 nitrogen and oxygen atoms in total. The number of carbonyl (C=O) groups is 2. The first-order chi connectivity index (χ1) is 3.15. The van der Waals surface area contributed by atoms with Crippen molar-refractivity contribution in [3.63, 3.8) is 0 Å². The molecule has 0 rings (SSSR count). The second-order valence-corrected chi connectivity index (χ2v) is 0.362. The molecule has 0 aliphatic rings. The fourth-order valence-corrected chi connectivity index (χ4v) is 0. The molecule has 7 heteroatoms. The van der Waals surface area contributed by atoms with Crippen LogP contribution in [0.25, 0.3) is 0 Å². The van der Waals surface area contributed by atoms with Gasteiger partial charge in [-0.25, -0.2) is 0 Å². The summed E-state index contributed by atoms with van der Waals surface area (Å²) in [6.07, 6.45) is -2.08. The molecule has 0 bridgehead atoms. The molecule has 0 radical (unpaired) electrons. The van der Waals surface area contributed by atoms with E-state index in [-0.39, 0.29) is 103 Å². The second-order valence-electron chi connectivity index (χ2n) is 0.362. The largest absolute Gasteiger partial charge is 1.00 e. The first kappa shape index (κ1) is 22.5. The van der Waals surface area contributed by atoms with E-state index >= 15 is 0 Å². The summed E-state index contributed by atoms with van der Waals surface area (Å²) < 4.78 is 0. The maximum Gasteiger partial charge on any atom is 1.00 e. The van der Waals surface area contributed by atoms with Crippen molar-refractivity contribution in [1.29, 1.82) is 0 Å². The molecule has 0 atom stereocenters. The van der Waals surface area contributed by atoms with Crippen LogP contribution in [-0.2, 0) is 4.79 Å². The van der Waals surface area contributed by atoms with Gasteiger partial charge in [0.15, 0.2) is 0 Å². The minimum absolute atomic E-state index is 0. The Hall–Kier alpha value is 2.01. The number of hydrogen-bond donors (Lipinski definition) is 1. The minimum Gasteiger partial charge on any atom is -0.565 e. The number of carboxylic acid groups (broad SMARTS) is 3. The zero-order valence-corrected chi connectivity index (χ0v) is 11.4. The Balaban J connectivity index is -0.0000000233. The Morgan fingerprint density at radius 2 is 1.44 bits per heavy atom. The van der Waals surface area contributed by atoms with E-state index in [0.29, 0.717) is 0 Å². The molecule has 0 heterocycles. The van der Waals surface area contributed by atoms with Crippen molar-refractivity contribution >= 4 is 12.6 Å². The topological polar surface area (TPSA) is 100 Å². The van der Waals surface area contributed by atoms with Crippen LogP contribution < -0.4 is 113 Å². The summed E-state index contributed by atoms with van der Waals surface area (Å²) in [5, 5.41) is 23.6. The molecule has 0 saturated heterocycles. The molecule has 0 aromatic heterocycles. The Labute approximate surface area is 137 Å². The smallest absolute Gasteiger partial charge is 0.565 e. The van der Waals surface area contributed by atoms with Gasteiger partial charge >= 0.3 is 103 Å². The number of rotatable bonds is 0. The van der Waals surface area contributed by atoms with Crippen molar-refractivity contribution < 1.29 is 128 Å². The van der Waals surface area contributed by atoms with Crippen molar-refractivity contribution in [2.45, 2.75) is 0 Å². The van der Waals surface area contributed by atoms with Crippen LogP contribution in [0.3, 0.4) is 0 Å². The summed E-state index contributed by atoms with van der Waals surface area (Å²) in [5.74, 6) is 0. The third-order valence-corrected chi connectivity index (χ3v) is 0. The fourth-order valence-electron chi connectivity index (χ4n) is 0. The summed E-state index contributed by atoms with van der Waals surface area (Å²) in [6, 6.07) is 0. The third-order valence-electron chi connectivity index (χ3n) is 0. The van der Waals surface area contributed by atoms with Crippen LogP contribution in [0, 0.1) is 0 Å². The van der Waals surface area contributed by atoms with Crippen LogP contribution in [0.5, 0.6) is 0 Å². The van der Waals surface area contributed by atoms with E-state index in [1.54, 1.807) is 0 Å². The summed E-state index contributed by atoms with van der Waals surface area (Å²) >= 11 is 0. The van der Waals surface area contributed by atoms with Gasteiger partial charge in [0, 0.05) is 6.47 Å². The molecule has 0 aromatic rings. The summed E-state index contributed by atoms with van der Waals surface area (Å²) in [7, 11) is 0. The molecule has 0 aliphatic heterocycles. The Kier molecular flexibility index (Phi) is 56.1. The van der Waals surface area contributed by atoms with E-state index in [2.05, 4.69) is 0 Å². The third kappa shape index (κ3) is 159. The molecule has 0 aromatic carbocycles. The summed E-state index contributed by atoms with van der Waals surface area (Å²) in [5.41, 5.74) is 0. The Morgan fingerprint density at radius 3 is 1.44 bits per heavy atom. The van der Waals surface area contributed by atoms with Crippen molar-refractivity contribution in [3.8, 4) is 0 Å². The maximum absolute atomic E-state index is 8.44. The molecule has 0 aliphatic carbocycles. The second kappa shape index (κ2) is 22.5. The van der Waals surface area contributed by atoms with Crippen LogP contribution in [-0.4, -0.2) is 17.7 Å². The van der Waals surface area contributed by atoms with Crippen molar-refractivity contribution in [2.24, 2.45) is 0 Å². The fraction of sp³-hybridized carbons (Fsp3) is 0. The molecule has 0 unspecified atom stereocenters. The molecule has 0 spiro atoms. The van der Waals surface area contributed by atoms with E-state index in [9.17, 15) is 0 Å². The van der Waals surface area contributed by atoms with E-state index < -0.39 is 12.6 Å². The molecule has 42 valence electrons. The number of hydrogen-bond acceptors (Lipinski definition) is 4. The first-order valence-corrected chi connectivity index (χ1v) is 1.10. The van der Waals surface area contributed by atoms with Gasteiger partial charge in [-0.2, -0.15) is 0 Å². The van der Waals surface area contributed by atoms with Crippen LogP contribution >= 0.6 is 0 Å². The van der Waals surface area contributed by atoms with Gasteiger partial charge in [-0.1, -0.05) is 0 Å².